The van der Waals surface area contributed by atoms with Gasteiger partial charge in [-0.05, 0) is 53.0 Å². The second-order valence-electron chi connectivity index (χ2n) is 6.23. The minimum Gasteiger partial charge on any atom is -0.768 e. The molecule has 0 radical (unpaired) electrons. The van der Waals surface area contributed by atoms with Gasteiger partial charge in [0.05, 0.1) is 34.3 Å². The Morgan fingerprint density at radius 2 is 2.03 bits per heavy atom. The average Bonchev–Trinajstić information content (AvgIpc) is 3.17. The molecular formula is C19H11ClF3N4O3S-. The van der Waals surface area contributed by atoms with Gasteiger partial charge in [0.1, 0.15) is 6.07 Å². The molecule has 3 rings (SSSR count). The molecule has 31 heavy (non-hydrogen) atoms. The summed E-state index contributed by atoms with van der Waals surface area (Å²) in [7, 11) is 0. The van der Waals surface area contributed by atoms with Crippen molar-refractivity contribution in [1.82, 2.24) is 9.78 Å². The average molecular weight is 468 g/mol. The first kappa shape index (κ1) is 22.5. The summed E-state index contributed by atoms with van der Waals surface area (Å²) in [6.45, 7) is 0. The van der Waals surface area contributed by atoms with Crippen LogP contribution in [0.5, 0.6) is 0 Å². The first-order valence-corrected chi connectivity index (χ1v) is 9.87. The normalized spacial score (nSPS) is 12.3. The van der Waals surface area contributed by atoms with Crippen molar-refractivity contribution < 1.29 is 26.7 Å². The Bertz CT molecular complexity index is 1220. The van der Waals surface area contributed by atoms with Gasteiger partial charge in [-0.15, -0.1) is 0 Å². The molecule has 0 spiro atoms. The van der Waals surface area contributed by atoms with Crippen molar-refractivity contribution in [3.63, 3.8) is 0 Å². The van der Waals surface area contributed by atoms with Crippen LogP contribution in [0.3, 0.4) is 0 Å². The van der Waals surface area contributed by atoms with E-state index in [0.717, 1.165) is 24.3 Å². The number of aromatic nitrogens is 2. The predicted octanol–water partition coefficient (Wildman–Crippen LogP) is 3.84. The molecule has 160 valence electrons. The van der Waals surface area contributed by atoms with Gasteiger partial charge >= 0.3 is 6.18 Å². The van der Waals surface area contributed by atoms with Crippen molar-refractivity contribution in [2.75, 3.05) is 5.32 Å². The quantitative estimate of drug-likeness (QED) is 0.573. The molecule has 7 nitrogen and oxygen atoms in total. The third-order valence-corrected chi connectivity index (χ3v) is 5.16. The fraction of sp³-hybridized carbons (Fsp3) is 0.105. The first-order chi connectivity index (χ1) is 14.6. The molecule has 0 aliphatic carbocycles. The summed E-state index contributed by atoms with van der Waals surface area (Å²) < 4.78 is 63.1. The molecule has 1 amide bonds. The molecule has 0 aliphatic rings. The lowest BCUT2D eigenvalue weighted by Gasteiger charge is -2.15. The smallest absolute Gasteiger partial charge is 0.416 e. The van der Waals surface area contributed by atoms with Crippen molar-refractivity contribution in [3.8, 4) is 11.8 Å². The van der Waals surface area contributed by atoms with Crippen LogP contribution in [0.4, 0.5) is 18.9 Å². The third kappa shape index (κ3) is 5.29. The van der Waals surface area contributed by atoms with E-state index < -0.39 is 35.1 Å². The lowest BCUT2D eigenvalue weighted by Crippen LogP contribution is -2.16. The maximum atomic E-state index is 12.9. The Balaban J connectivity index is 1.83. The number of anilines is 1. The van der Waals surface area contributed by atoms with Crippen molar-refractivity contribution in [1.29, 1.82) is 5.26 Å². The molecule has 12 heteroatoms. The number of hydrogen-bond donors (Lipinski definition) is 1. The molecule has 0 bridgehead atoms. The molecular weight excluding hydrogens is 457 g/mol. The van der Waals surface area contributed by atoms with Crippen LogP contribution in [-0.4, -0.2) is 24.4 Å². The molecule has 1 heterocycles. The Labute approximate surface area is 181 Å². The van der Waals surface area contributed by atoms with Gasteiger partial charge in [0.25, 0.3) is 0 Å². The van der Waals surface area contributed by atoms with Crippen molar-refractivity contribution in [2.24, 2.45) is 0 Å². The summed E-state index contributed by atoms with van der Waals surface area (Å²) in [6.07, 6.45) is -2.45. The van der Waals surface area contributed by atoms with Crippen molar-refractivity contribution >= 4 is 34.3 Å². The van der Waals surface area contributed by atoms with Crippen LogP contribution in [0.15, 0.2) is 53.7 Å². The highest BCUT2D eigenvalue weighted by Gasteiger charge is 2.31. The van der Waals surface area contributed by atoms with Crippen LogP contribution in [0.1, 0.15) is 16.7 Å². The second-order valence-corrected chi connectivity index (χ2v) is 7.55. The third-order valence-electron chi connectivity index (χ3n) is 4.11. The van der Waals surface area contributed by atoms with Gasteiger partial charge in [0.15, 0.2) is 0 Å². The maximum absolute atomic E-state index is 12.9. The Morgan fingerprint density at radius 1 is 1.29 bits per heavy atom. The summed E-state index contributed by atoms with van der Waals surface area (Å²) in [5.74, 6) is -0.692. The van der Waals surface area contributed by atoms with Gasteiger partial charge in [0.2, 0.25) is 5.91 Å². The van der Waals surface area contributed by atoms with E-state index >= 15 is 0 Å². The van der Waals surface area contributed by atoms with E-state index in [-0.39, 0.29) is 32.4 Å². The molecule has 3 aromatic rings. The Kier molecular flexibility index (Phi) is 6.45. The van der Waals surface area contributed by atoms with Crippen LogP contribution in [0.25, 0.3) is 5.69 Å². The van der Waals surface area contributed by atoms with E-state index in [0.29, 0.717) is 0 Å². The van der Waals surface area contributed by atoms with Crippen molar-refractivity contribution in [3.05, 3.63) is 70.5 Å². The number of rotatable bonds is 5. The summed E-state index contributed by atoms with van der Waals surface area (Å²) in [5, 5.41) is 15.2. The summed E-state index contributed by atoms with van der Waals surface area (Å²) in [5.41, 5.74) is -0.502. The van der Waals surface area contributed by atoms with Crippen LogP contribution < -0.4 is 5.32 Å². The van der Waals surface area contributed by atoms with Gasteiger partial charge in [0, 0.05) is 16.9 Å². The van der Waals surface area contributed by atoms with E-state index in [1.54, 1.807) is 0 Å². The lowest BCUT2D eigenvalue weighted by atomic mass is 10.1. The monoisotopic (exact) mass is 467 g/mol. The standard InChI is InChI=1S/C19H12ClF3N4O3S/c20-15-3-1-13(19(21,22)23)5-12(15)6-18(28)26-14-2-4-16(17(7-14)31(29)30)27-10-11(8-24)9-25-27/h1-5,7,9-10H,6H2,(H,26,28)(H,29,30)/p-1. The van der Waals surface area contributed by atoms with Gasteiger partial charge in [-0.3, -0.25) is 9.00 Å². The number of benzene rings is 2. The molecule has 2 aromatic carbocycles. The zero-order chi connectivity index (χ0) is 22.8. The minimum absolute atomic E-state index is 0.00757. The highest BCUT2D eigenvalue weighted by atomic mass is 35.5. The topological polar surface area (TPSA) is 111 Å². The number of nitrogens with zero attached hydrogens (tertiary/aromatic N) is 3. The minimum atomic E-state index is -4.59. The number of carbonyl (C=O) groups excluding carboxylic acids is 1. The van der Waals surface area contributed by atoms with Gasteiger partial charge in [-0.25, -0.2) is 4.68 Å². The highest BCUT2D eigenvalue weighted by molar-refractivity contribution is 7.79. The van der Waals surface area contributed by atoms with Crippen LogP contribution in [-0.2, 0) is 28.5 Å². The molecule has 0 saturated heterocycles. The van der Waals surface area contributed by atoms with E-state index in [2.05, 4.69) is 10.4 Å². The Hall–Kier alpha value is -3.20. The number of halogens is 4. The number of hydrogen-bond acceptors (Lipinski definition) is 5. The number of nitrogens with one attached hydrogen (secondary N) is 1. The van der Waals surface area contributed by atoms with E-state index in [4.69, 9.17) is 16.9 Å². The van der Waals surface area contributed by atoms with Crippen LogP contribution in [0.2, 0.25) is 5.02 Å². The molecule has 0 aliphatic heterocycles. The van der Waals surface area contributed by atoms with E-state index in [1.807, 2.05) is 6.07 Å². The summed E-state index contributed by atoms with van der Waals surface area (Å²) in [4.78, 5) is 12.1. The van der Waals surface area contributed by atoms with E-state index in [9.17, 15) is 26.7 Å². The fourth-order valence-corrected chi connectivity index (χ4v) is 3.43. The molecule has 1 N–H and O–H groups in total. The fourth-order valence-electron chi connectivity index (χ4n) is 2.69. The lowest BCUT2D eigenvalue weighted by molar-refractivity contribution is -0.137. The SMILES string of the molecule is N#Cc1cnn(-c2ccc(NC(=O)Cc3cc(C(F)(F)F)ccc3Cl)cc2S(=O)[O-])c1. The summed E-state index contributed by atoms with van der Waals surface area (Å²) >= 11 is 3.20. The largest absolute Gasteiger partial charge is 0.768 e. The van der Waals surface area contributed by atoms with Crippen LogP contribution in [0, 0.1) is 11.3 Å². The number of amides is 1. The maximum Gasteiger partial charge on any atom is 0.416 e. The van der Waals surface area contributed by atoms with Gasteiger partial charge < -0.3 is 9.87 Å². The number of carbonyl (C=O) groups is 1. The van der Waals surface area contributed by atoms with E-state index in [1.165, 1.54) is 29.2 Å². The zero-order valence-electron chi connectivity index (χ0n) is 15.3. The molecule has 1 unspecified atom stereocenters. The predicted molar refractivity (Wildman–Crippen MR) is 104 cm³/mol. The number of nitriles is 1. The Morgan fingerprint density at radius 3 is 2.65 bits per heavy atom. The van der Waals surface area contributed by atoms with Crippen molar-refractivity contribution in [2.45, 2.75) is 17.5 Å². The zero-order valence-corrected chi connectivity index (χ0v) is 16.9. The second kappa shape index (κ2) is 8.89. The number of alkyl halides is 3. The molecule has 1 atom stereocenters. The summed E-state index contributed by atoms with van der Waals surface area (Å²) in [6, 6.07) is 8.45. The molecule has 0 saturated carbocycles. The van der Waals surface area contributed by atoms with Gasteiger partial charge in [-0.2, -0.15) is 23.5 Å². The van der Waals surface area contributed by atoms with Crippen LogP contribution >= 0.6 is 11.6 Å². The highest BCUT2D eigenvalue weighted by Crippen LogP contribution is 2.32. The molecule has 1 aromatic heterocycles. The first-order valence-electron chi connectivity index (χ1n) is 8.42. The van der Waals surface area contributed by atoms with Gasteiger partial charge in [-0.1, -0.05) is 11.6 Å². The molecule has 0 fully saturated rings.